The van der Waals surface area contributed by atoms with E-state index in [1.54, 1.807) is 24.3 Å². The third-order valence-corrected chi connectivity index (χ3v) is 6.21. The molecule has 1 fully saturated rings. The number of carbonyl (C=O) groups is 2. The topological polar surface area (TPSA) is 84.0 Å². The van der Waals surface area contributed by atoms with Gasteiger partial charge in [-0.25, -0.2) is 0 Å². The summed E-state index contributed by atoms with van der Waals surface area (Å²) < 4.78 is 0.774. The Morgan fingerprint density at radius 2 is 2.04 bits per heavy atom. The lowest BCUT2D eigenvalue weighted by atomic mass is 9.96. The second kappa shape index (κ2) is 9.14. The number of carbonyl (C=O) groups excluding carboxylic acids is 2. The molecule has 1 aliphatic rings. The molecule has 138 valence electrons. The van der Waals surface area contributed by atoms with Gasteiger partial charge in [0.15, 0.2) is 10.1 Å². The van der Waals surface area contributed by atoms with Crippen molar-refractivity contribution in [2.45, 2.75) is 49.4 Å². The summed E-state index contributed by atoms with van der Waals surface area (Å²) in [6.07, 6.45) is 6.22. The Balaban J connectivity index is 1.47. The van der Waals surface area contributed by atoms with Gasteiger partial charge in [0.25, 0.3) is 0 Å². The summed E-state index contributed by atoms with van der Waals surface area (Å²) in [5, 5.41) is 15.4. The highest BCUT2D eigenvalue weighted by atomic mass is 32.2. The van der Waals surface area contributed by atoms with E-state index in [1.165, 1.54) is 62.1 Å². The Bertz CT molecular complexity index is 772. The standard InChI is InChI=1S/C18H22N4O2S2/c1-12(23)13-6-5-9-15(10-13)19-16(24)11-25-18-22-21-17(26-18)20-14-7-3-2-4-8-14/h5-6,9-10,14H,2-4,7-8,11H2,1H3,(H,19,24)(H,20,21). The zero-order valence-corrected chi connectivity index (χ0v) is 16.3. The number of nitrogens with one attached hydrogen (secondary N) is 2. The number of hydrogen-bond acceptors (Lipinski definition) is 7. The zero-order chi connectivity index (χ0) is 18.4. The van der Waals surface area contributed by atoms with E-state index in [4.69, 9.17) is 0 Å². The van der Waals surface area contributed by atoms with E-state index in [0.29, 0.717) is 17.3 Å². The number of nitrogens with zero attached hydrogens (tertiary/aromatic N) is 2. The number of Topliss-reactive ketones (excluding diaryl/α,β-unsaturated/α-hetero) is 1. The summed E-state index contributed by atoms with van der Waals surface area (Å²) in [5.41, 5.74) is 1.21. The molecule has 1 aromatic heterocycles. The molecular weight excluding hydrogens is 368 g/mol. The van der Waals surface area contributed by atoms with Crippen LogP contribution in [-0.2, 0) is 4.79 Å². The maximum absolute atomic E-state index is 12.1. The first-order valence-corrected chi connectivity index (χ1v) is 10.5. The molecule has 0 saturated heterocycles. The van der Waals surface area contributed by atoms with Gasteiger partial charge in [0.05, 0.1) is 5.75 Å². The van der Waals surface area contributed by atoms with Crippen molar-refractivity contribution in [3.63, 3.8) is 0 Å². The van der Waals surface area contributed by atoms with Gasteiger partial charge < -0.3 is 10.6 Å². The van der Waals surface area contributed by atoms with Gasteiger partial charge in [-0.05, 0) is 31.9 Å². The van der Waals surface area contributed by atoms with E-state index in [2.05, 4.69) is 20.8 Å². The smallest absolute Gasteiger partial charge is 0.234 e. The van der Waals surface area contributed by atoms with Crippen molar-refractivity contribution >= 4 is 45.6 Å². The van der Waals surface area contributed by atoms with Crippen molar-refractivity contribution in [3.8, 4) is 0 Å². The molecule has 26 heavy (non-hydrogen) atoms. The molecule has 1 saturated carbocycles. The highest BCUT2D eigenvalue weighted by Crippen LogP contribution is 2.28. The van der Waals surface area contributed by atoms with Crippen molar-refractivity contribution in [3.05, 3.63) is 29.8 Å². The van der Waals surface area contributed by atoms with Gasteiger partial charge in [-0.15, -0.1) is 10.2 Å². The van der Waals surface area contributed by atoms with E-state index in [1.807, 2.05) is 0 Å². The monoisotopic (exact) mass is 390 g/mol. The Morgan fingerprint density at radius 3 is 2.81 bits per heavy atom. The average Bonchev–Trinajstić information content (AvgIpc) is 3.08. The zero-order valence-electron chi connectivity index (χ0n) is 14.7. The summed E-state index contributed by atoms with van der Waals surface area (Å²) in [7, 11) is 0. The lowest BCUT2D eigenvalue weighted by Crippen LogP contribution is -2.21. The van der Waals surface area contributed by atoms with Crippen LogP contribution in [0.4, 0.5) is 10.8 Å². The van der Waals surface area contributed by atoms with Crippen LogP contribution in [0.1, 0.15) is 49.4 Å². The number of aromatic nitrogens is 2. The maximum atomic E-state index is 12.1. The molecule has 2 aromatic rings. The molecule has 1 heterocycles. The number of benzene rings is 1. The van der Waals surface area contributed by atoms with Crippen LogP contribution in [-0.4, -0.2) is 33.7 Å². The third-order valence-electron chi connectivity index (χ3n) is 4.22. The van der Waals surface area contributed by atoms with Gasteiger partial charge in [-0.1, -0.05) is 54.5 Å². The molecule has 0 atom stereocenters. The van der Waals surface area contributed by atoms with Gasteiger partial charge in [0.1, 0.15) is 0 Å². The molecule has 0 aliphatic heterocycles. The molecule has 8 heteroatoms. The van der Waals surface area contributed by atoms with Crippen LogP contribution in [0, 0.1) is 0 Å². The van der Waals surface area contributed by atoms with Crippen LogP contribution in [0.2, 0.25) is 0 Å². The van der Waals surface area contributed by atoms with Crippen molar-refractivity contribution in [2.75, 3.05) is 16.4 Å². The van der Waals surface area contributed by atoms with Crippen molar-refractivity contribution in [1.29, 1.82) is 0 Å². The van der Waals surface area contributed by atoms with Gasteiger partial charge >= 0.3 is 0 Å². The third kappa shape index (κ3) is 5.54. The molecule has 6 nitrogen and oxygen atoms in total. The van der Waals surface area contributed by atoms with E-state index >= 15 is 0 Å². The van der Waals surface area contributed by atoms with Crippen LogP contribution in [0.5, 0.6) is 0 Å². The van der Waals surface area contributed by atoms with Gasteiger partial charge in [0.2, 0.25) is 11.0 Å². The SMILES string of the molecule is CC(=O)c1cccc(NC(=O)CSc2nnc(NC3CCCCC3)s2)c1. The van der Waals surface area contributed by atoms with E-state index in [-0.39, 0.29) is 17.4 Å². The summed E-state index contributed by atoms with van der Waals surface area (Å²) in [5.74, 6) is 0.0950. The predicted molar refractivity (Wildman–Crippen MR) is 106 cm³/mol. The molecular formula is C18H22N4O2S2. The fraction of sp³-hybridized carbons (Fsp3) is 0.444. The minimum Gasteiger partial charge on any atom is -0.357 e. The molecule has 0 radical (unpaired) electrons. The number of amides is 1. The van der Waals surface area contributed by atoms with E-state index < -0.39 is 0 Å². The van der Waals surface area contributed by atoms with Gasteiger partial charge in [0, 0.05) is 17.3 Å². The fourth-order valence-electron chi connectivity index (χ4n) is 2.89. The second-order valence-electron chi connectivity index (χ2n) is 6.33. The van der Waals surface area contributed by atoms with Crippen LogP contribution in [0.25, 0.3) is 0 Å². The van der Waals surface area contributed by atoms with Crippen molar-refractivity contribution in [2.24, 2.45) is 0 Å². The first-order valence-electron chi connectivity index (χ1n) is 8.74. The molecule has 1 aromatic carbocycles. The van der Waals surface area contributed by atoms with E-state index in [9.17, 15) is 9.59 Å². The summed E-state index contributed by atoms with van der Waals surface area (Å²) in [6.45, 7) is 1.51. The fourth-order valence-corrected chi connectivity index (χ4v) is 4.52. The lowest BCUT2D eigenvalue weighted by Gasteiger charge is -2.21. The number of hydrogen-bond donors (Lipinski definition) is 2. The van der Waals surface area contributed by atoms with E-state index in [0.717, 1.165) is 9.47 Å². The molecule has 3 rings (SSSR count). The molecule has 0 bridgehead atoms. The normalized spacial score (nSPS) is 14.8. The minimum absolute atomic E-state index is 0.0256. The summed E-state index contributed by atoms with van der Waals surface area (Å²) in [6, 6.07) is 7.43. The molecule has 0 unspecified atom stereocenters. The average molecular weight is 391 g/mol. The predicted octanol–water partition coefficient (Wildman–Crippen LogP) is 4.22. The van der Waals surface area contributed by atoms with Gasteiger partial charge in [-0.2, -0.15) is 0 Å². The Hall–Kier alpha value is -1.93. The Kier molecular flexibility index (Phi) is 6.62. The van der Waals surface area contributed by atoms with Crippen molar-refractivity contribution < 1.29 is 9.59 Å². The Labute approximate surface area is 161 Å². The molecule has 2 N–H and O–H groups in total. The van der Waals surface area contributed by atoms with Crippen LogP contribution < -0.4 is 10.6 Å². The number of anilines is 2. The minimum atomic E-state index is -0.132. The maximum Gasteiger partial charge on any atom is 0.234 e. The van der Waals surface area contributed by atoms with Gasteiger partial charge in [-0.3, -0.25) is 9.59 Å². The molecule has 1 aliphatic carbocycles. The highest BCUT2D eigenvalue weighted by Gasteiger charge is 2.15. The largest absolute Gasteiger partial charge is 0.357 e. The molecule has 0 spiro atoms. The Morgan fingerprint density at radius 1 is 1.23 bits per heavy atom. The second-order valence-corrected chi connectivity index (χ2v) is 8.53. The van der Waals surface area contributed by atoms with Crippen molar-refractivity contribution in [1.82, 2.24) is 10.2 Å². The molecule has 1 amide bonds. The lowest BCUT2D eigenvalue weighted by molar-refractivity contribution is -0.113. The first kappa shape index (κ1) is 18.8. The van der Waals surface area contributed by atoms with Crippen LogP contribution in [0.3, 0.4) is 0 Å². The first-order chi connectivity index (χ1) is 12.6. The highest BCUT2D eigenvalue weighted by molar-refractivity contribution is 8.01. The summed E-state index contributed by atoms with van der Waals surface area (Å²) in [4.78, 5) is 23.5. The quantitative estimate of drug-likeness (QED) is 0.544. The van der Waals surface area contributed by atoms with Crippen LogP contribution in [0.15, 0.2) is 28.6 Å². The number of rotatable bonds is 7. The summed E-state index contributed by atoms with van der Waals surface area (Å²) >= 11 is 2.85. The number of thioether (sulfide) groups is 1. The number of ketones is 1. The van der Waals surface area contributed by atoms with Crippen LogP contribution >= 0.6 is 23.1 Å².